The van der Waals surface area contributed by atoms with E-state index in [-0.39, 0.29) is 16.9 Å². The van der Waals surface area contributed by atoms with E-state index in [0.717, 1.165) is 30.7 Å². The van der Waals surface area contributed by atoms with Gasteiger partial charge in [0.15, 0.2) is 0 Å². The van der Waals surface area contributed by atoms with Gasteiger partial charge in [-0.1, -0.05) is 24.6 Å². The zero-order valence-corrected chi connectivity index (χ0v) is 10.9. The van der Waals surface area contributed by atoms with Crippen LogP contribution < -0.4 is 5.73 Å². The van der Waals surface area contributed by atoms with Crippen LogP contribution in [0.2, 0.25) is 5.02 Å². The lowest BCUT2D eigenvalue weighted by Crippen LogP contribution is -2.36. The monoisotopic (exact) mass is 255 g/mol. The molecular weight excluding hydrogens is 237 g/mol. The molecule has 0 spiro atoms. The molecule has 0 aromatic heterocycles. The van der Waals surface area contributed by atoms with Crippen molar-refractivity contribution in [3.8, 4) is 0 Å². The van der Waals surface area contributed by atoms with Gasteiger partial charge < -0.3 is 5.73 Å². The van der Waals surface area contributed by atoms with Crippen molar-refractivity contribution in [1.29, 1.82) is 0 Å². The number of hydrogen-bond donors (Lipinski definition) is 1. The first kappa shape index (κ1) is 12.8. The topological polar surface area (TPSA) is 26.0 Å². The first-order chi connectivity index (χ1) is 8.06. The van der Waals surface area contributed by atoms with Crippen molar-refractivity contribution in [1.82, 2.24) is 0 Å². The predicted octanol–water partition coefficient (Wildman–Crippen LogP) is 3.79. The lowest BCUT2D eigenvalue weighted by Gasteiger charge is -2.32. The Hall–Kier alpha value is -0.600. The summed E-state index contributed by atoms with van der Waals surface area (Å²) in [6.45, 7) is 2.27. The molecule has 1 aromatic carbocycles. The maximum absolute atomic E-state index is 13.1. The first-order valence-electron chi connectivity index (χ1n) is 6.25. The van der Waals surface area contributed by atoms with E-state index >= 15 is 0 Å². The molecule has 3 heteroatoms. The molecule has 0 amide bonds. The second-order valence-corrected chi connectivity index (χ2v) is 5.70. The van der Waals surface area contributed by atoms with E-state index in [9.17, 15) is 4.39 Å². The van der Waals surface area contributed by atoms with E-state index in [1.54, 1.807) is 6.07 Å². The average Bonchev–Trinajstić information content (AvgIpc) is 2.29. The van der Waals surface area contributed by atoms with Gasteiger partial charge in [0.25, 0.3) is 0 Å². The second kappa shape index (κ2) is 5.36. The van der Waals surface area contributed by atoms with Gasteiger partial charge in [0.1, 0.15) is 5.82 Å². The maximum atomic E-state index is 13.1. The summed E-state index contributed by atoms with van der Waals surface area (Å²) in [7, 11) is 0. The molecule has 0 radical (unpaired) electrons. The maximum Gasteiger partial charge on any atom is 0.141 e. The van der Waals surface area contributed by atoms with Gasteiger partial charge in [-0.25, -0.2) is 4.39 Å². The molecule has 0 saturated heterocycles. The lowest BCUT2D eigenvalue weighted by molar-refractivity contribution is 0.244. The van der Waals surface area contributed by atoms with Gasteiger partial charge in [-0.15, -0.1) is 0 Å². The Morgan fingerprint density at radius 2 is 2.18 bits per heavy atom. The Bertz CT molecular complexity index is 394. The lowest BCUT2D eigenvalue weighted by atomic mass is 9.76. The van der Waals surface area contributed by atoms with E-state index in [4.69, 9.17) is 17.3 Å². The molecule has 1 aliphatic carbocycles. The van der Waals surface area contributed by atoms with Crippen LogP contribution in [0.15, 0.2) is 18.2 Å². The van der Waals surface area contributed by atoms with Crippen LogP contribution >= 0.6 is 11.6 Å². The molecule has 3 atom stereocenters. The molecule has 1 saturated carbocycles. The third-order valence-electron chi connectivity index (χ3n) is 3.79. The summed E-state index contributed by atoms with van der Waals surface area (Å²) in [6, 6.07) is 5.25. The number of nitrogens with two attached hydrogens (primary N) is 1. The standard InChI is InChI=1S/C14H19ClFN/c1-9-2-5-14(17)11(6-9)7-10-3-4-13(16)12(15)8-10/h3-4,8-9,11,14H,2,5-7,17H2,1H3. The third kappa shape index (κ3) is 3.20. The van der Waals surface area contributed by atoms with Gasteiger partial charge in [-0.2, -0.15) is 0 Å². The quantitative estimate of drug-likeness (QED) is 0.855. The minimum absolute atomic E-state index is 0.208. The molecule has 0 bridgehead atoms. The number of rotatable bonds is 2. The molecule has 2 N–H and O–H groups in total. The van der Waals surface area contributed by atoms with E-state index in [1.165, 1.54) is 12.5 Å². The van der Waals surface area contributed by atoms with E-state index in [2.05, 4.69) is 6.92 Å². The number of benzene rings is 1. The Morgan fingerprint density at radius 3 is 2.88 bits per heavy atom. The Kier molecular flexibility index (Phi) is 4.05. The van der Waals surface area contributed by atoms with Crippen LogP contribution in [0.3, 0.4) is 0 Å². The molecule has 0 heterocycles. The van der Waals surface area contributed by atoms with Gasteiger partial charge in [-0.05, 0) is 55.2 Å². The number of halogens is 2. The fraction of sp³-hybridized carbons (Fsp3) is 0.571. The van der Waals surface area contributed by atoms with E-state index < -0.39 is 0 Å². The molecule has 1 fully saturated rings. The highest BCUT2D eigenvalue weighted by Crippen LogP contribution is 2.31. The molecular formula is C14H19ClFN. The van der Waals surface area contributed by atoms with Gasteiger partial charge in [-0.3, -0.25) is 0 Å². The fourth-order valence-electron chi connectivity index (χ4n) is 2.73. The molecule has 1 aromatic rings. The fourth-order valence-corrected chi connectivity index (χ4v) is 2.93. The van der Waals surface area contributed by atoms with Crippen molar-refractivity contribution in [2.24, 2.45) is 17.6 Å². The SMILES string of the molecule is CC1CCC(N)C(Cc2ccc(F)c(Cl)c2)C1. The molecule has 0 aliphatic heterocycles. The molecule has 2 rings (SSSR count). The largest absolute Gasteiger partial charge is 0.327 e. The van der Waals surface area contributed by atoms with Crippen LogP contribution in [-0.2, 0) is 6.42 Å². The van der Waals surface area contributed by atoms with Crippen LogP contribution in [0.25, 0.3) is 0 Å². The van der Waals surface area contributed by atoms with Gasteiger partial charge in [0, 0.05) is 6.04 Å². The Balaban J connectivity index is 2.06. The highest BCUT2D eigenvalue weighted by atomic mass is 35.5. The van der Waals surface area contributed by atoms with Crippen LogP contribution in [0.4, 0.5) is 4.39 Å². The van der Waals surface area contributed by atoms with Crippen molar-refractivity contribution < 1.29 is 4.39 Å². The summed E-state index contributed by atoms with van der Waals surface area (Å²) < 4.78 is 13.1. The van der Waals surface area contributed by atoms with Crippen LogP contribution in [0, 0.1) is 17.7 Å². The van der Waals surface area contributed by atoms with E-state index in [0.29, 0.717) is 5.92 Å². The van der Waals surface area contributed by atoms with Crippen molar-refractivity contribution in [3.05, 3.63) is 34.6 Å². The highest BCUT2D eigenvalue weighted by molar-refractivity contribution is 6.30. The van der Waals surface area contributed by atoms with Crippen LogP contribution in [0.1, 0.15) is 31.7 Å². The third-order valence-corrected chi connectivity index (χ3v) is 4.07. The summed E-state index contributed by atoms with van der Waals surface area (Å²) in [6.07, 6.45) is 4.39. The minimum atomic E-state index is -0.350. The zero-order chi connectivity index (χ0) is 12.4. The van der Waals surface area contributed by atoms with Crippen molar-refractivity contribution in [2.75, 3.05) is 0 Å². The zero-order valence-electron chi connectivity index (χ0n) is 10.1. The molecule has 17 heavy (non-hydrogen) atoms. The molecule has 94 valence electrons. The summed E-state index contributed by atoms with van der Waals surface area (Å²) in [4.78, 5) is 0. The summed E-state index contributed by atoms with van der Waals surface area (Å²) in [5, 5.41) is 0.208. The van der Waals surface area contributed by atoms with Crippen molar-refractivity contribution >= 4 is 11.6 Å². The normalized spacial score (nSPS) is 29.3. The van der Waals surface area contributed by atoms with Gasteiger partial charge in [0.05, 0.1) is 5.02 Å². The minimum Gasteiger partial charge on any atom is -0.327 e. The Labute approximate surface area is 107 Å². The first-order valence-corrected chi connectivity index (χ1v) is 6.63. The van der Waals surface area contributed by atoms with Gasteiger partial charge >= 0.3 is 0 Å². The van der Waals surface area contributed by atoms with Gasteiger partial charge in [0.2, 0.25) is 0 Å². The van der Waals surface area contributed by atoms with Crippen LogP contribution in [0.5, 0.6) is 0 Å². The smallest absolute Gasteiger partial charge is 0.141 e. The van der Waals surface area contributed by atoms with E-state index in [1.807, 2.05) is 6.07 Å². The predicted molar refractivity (Wildman–Crippen MR) is 69.6 cm³/mol. The highest BCUT2D eigenvalue weighted by Gasteiger charge is 2.26. The average molecular weight is 256 g/mol. The number of hydrogen-bond acceptors (Lipinski definition) is 1. The molecule has 3 unspecified atom stereocenters. The summed E-state index contributed by atoms with van der Waals surface area (Å²) in [5.41, 5.74) is 7.24. The van der Waals surface area contributed by atoms with Crippen molar-refractivity contribution in [2.45, 2.75) is 38.6 Å². The molecule has 1 aliphatic rings. The molecule has 1 nitrogen and oxygen atoms in total. The second-order valence-electron chi connectivity index (χ2n) is 5.29. The van der Waals surface area contributed by atoms with Crippen LogP contribution in [-0.4, -0.2) is 6.04 Å². The van der Waals surface area contributed by atoms with Crippen molar-refractivity contribution in [3.63, 3.8) is 0 Å². The summed E-state index contributed by atoms with van der Waals surface area (Å²) in [5.74, 6) is 0.896. The summed E-state index contributed by atoms with van der Waals surface area (Å²) >= 11 is 5.79. The Morgan fingerprint density at radius 1 is 1.41 bits per heavy atom.